The van der Waals surface area contributed by atoms with Gasteiger partial charge in [0.2, 0.25) is 0 Å². The summed E-state index contributed by atoms with van der Waals surface area (Å²) in [4.78, 5) is 0. The smallest absolute Gasteiger partial charge is 0.0701 e. The highest BCUT2D eigenvalue weighted by Gasteiger charge is 2.43. The Hall–Kier alpha value is 0.190. The highest BCUT2D eigenvalue weighted by Crippen LogP contribution is 2.42. The second-order valence-electron chi connectivity index (χ2n) is 6.73. The van der Waals surface area contributed by atoms with Gasteiger partial charge in [-0.2, -0.15) is 11.8 Å². The van der Waals surface area contributed by atoms with Gasteiger partial charge in [-0.25, -0.2) is 0 Å². The molecule has 4 nitrogen and oxygen atoms in total. The van der Waals surface area contributed by atoms with E-state index in [-0.39, 0.29) is 5.60 Å². The summed E-state index contributed by atoms with van der Waals surface area (Å²) in [5, 5.41) is 0. The van der Waals surface area contributed by atoms with Gasteiger partial charge in [-0.3, -0.25) is 11.3 Å². The van der Waals surface area contributed by atoms with E-state index in [1.54, 1.807) is 0 Å². The lowest BCUT2D eigenvalue weighted by Crippen LogP contribution is -2.52. The first-order valence-electron chi connectivity index (χ1n) is 8.02. The monoisotopic (exact) mass is 300 g/mol. The lowest BCUT2D eigenvalue weighted by Gasteiger charge is -2.46. The van der Waals surface area contributed by atoms with Gasteiger partial charge in [0.1, 0.15) is 0 Å². The van der Waals surface area contributed by atoms with Crippen molar-refractivity contribution in [2.75, 3.05) is 24.7 Å². The van der Waals surface area contributed by atoms with E-state index in [0.29, 0.717) is 24.0 Å². The van der Waals surface area contributed by atoms with Gasteiger partial charge >= 0.3 is 0 Å². The van der Waals surface area contributed by atoms with E-state index in [2.05, 4.69) is 24.1 Å². The van der Waals surface area contributed by atoms with Crippen molar-refractivity contribution >= 4 is 11.8 Å². The molecule has 20 heavy (non-hydrogen) atoms. The van der Waals surface area contributed by atoms with Gasteiger partial charge in [-0.05, 0) is 56.5 Å². The van der Waals surface area contributed by atoms with Gasteiger partial charge < -0.3 is 9.47 Å². The molecule has 0 aliphatic carbocycles. The molecule has 3 N–H and O–H groups in total. The van der Waals surface area contributed by atoms with Gasteiger partial charge in [0.05, 0.1) is 18.3 Å². The molecule has 0 amide bonds. The zero-order valence-electron chi connectivity index (χ0n) is 12.5. The number of ether oxygens (including phenoxy) is 2. The Bertz CT molecular complexity index is 317. The van der Waals surface area contributed by atoms with Crippen LogP contribution >= 0.6 is 11.8 Å². The Morgan fingerprint density at radius 1 is 1.30 bits per heavy atom. The van der Waals surface area contributed by atoms with Crippen LogP contribution in [0.1, 0.15) is 39.0 Å². The van der Waals surface area contributed by atoms with Crippen LogP contribution in [0.5, 0.6) is 0 Å². The van der Waals surface area contributed by atoms with Crippen LogP contribution in [0, 0.1) is 11.8 Å². The van der Waals surface area contributed by atoms with E-state index in [1.807, 2.05) is 0 Å². The van der Waals surface area contributed by atoms with E-state index in [0.717, 1.165) is 26.1 Å². The van der Waals surface area contributed by atoms with Crippen molar-refractivity contribution in [2.45, 2.75) is 56.8 Å². The molecule has 1 spiro atoms. The molecule has 5 heteroatoms. The lowest BCUT2D eigenvalue weighted by molar-refractivity contribution is -0.110. The second-order valence-corrected chi connectivity index (χ2v) is 7.95. The van der Waals surface area contributed by atoms with Crippen LogP contribution in [0.25, 0.3) is 0 Å². The number of hydrazine groups is 1. The van der Waals surface area contributed by atoms with E-state index in [4.69, 9.17) is 15.3 Å². The van der Waals surface area contributed by atoms with Crippen molar-refractivity contribution in [1.82, 2.24) is 5.43 Å². The summed E-state index contributed by atoms with van der Waals surface area (Å²) in [6, 6.07) is 0.385. The standard InChI is InChI=1S/C15H28N2O2S/c1-11-8-13(10-18-11)14(17-16)12-2-5-19-15(9-12)3-6-20-7-4-15/h11-14,17H,2-10,16H2,1H3. The number of hydrogen-bond donors (Lipinski definition) is 2. The van der Waals surface area contributed by atoms with Crippen molar-refractivity contribution in [2.24, 2.45) is 17.7 Å². The summed E-state index contributed by atoms with van der Waals surface area (Å²) in [7, 11) is 0. The summed E-state index contributed by atoms with van der Waals surface area (Å²) in [6.45, 7) is 3.92. The number of rotatable bonds is 3. The quantitative estimate of drug-likeness (QED) is 0.616. The van der Waals surface area contributed by atoms with Crippen LogP contribution in [0.4, 0.5) is 0 Å². The first-order chi connectivity index (χ1) is 9.72. The average molecular weight is 300 g/mol. The van der Waals surface area contributed by atoms with E-state index < -0.39 is 0 Å². The van der Waals surface area contributed by atoms with Crippen LogP contribution in [0.3, 0.4) is 0 Å². The third kappa shape index (κ3) is 3.17. The van der Waals surface area contributed by atoms with Crippen LogP contribution in [-0.2, 0) is 9.47 Å². The molecule has 0 aromatic rings. The molecule has 0 aromatic heterocycles. The maximum Gasteiger partial charge on any atom is 0.0701 e. The molecular weight excluding hydrogens is 272 g/mol. The number of nitrogens with one attached hydrogen (secondary N) is 1. The Kier molecular flexibility index (Phi) is 4.93. The van der Waals surface area contributed by atoms with Crippen molar-refractivity contribution in [1.29, 1.82) is 0 Å². The van der Waals surface area contributed by atoms with Crippen molar-refractivity contribution in [3.63, 3.8) is 0 Å². The second kappa shape index (κ2) is 6.53. The molecule has 3 saturated heterocycles. The predicted octanol–water partition coefficient (Wildman–Crippen LogP) is 1.94. The van der Waals surface area contributed by atoms with Crippen LogP contribution < -0.4 is 11.3 Å². The third-order valence-electron chi connectivity index (χ3n) is 5.37. The molecule has 3 heterocycles. The fourth-order valence-electron chi connectivity index (χ4n) is 4.22. The molecule has 4 atom stereocenters. The van der Waals surface area contributed by atoms with Gasteiger partial charge in [0.15, 0.2) is 0 Å². The molecule has 0 radical (unpaired) electrons. The molecule has 0 saturated carbocycles. The minimum Gasteiger partial charge on any atom is -0.378 e. The van der Waals surface area contributed by atoms with Gasteiger partial charge in [-0.15, -0.1) is 0 Å². The largest absolute Gasteiger partial charge is 0.378 e. The average Bonchev–Trinajstić information content (AvgIpc) is 2.87. The summed E-state index contributed by atoms with van der Waals surface area (Å²) in [5.74, 6) is 9.59. The Morgan fingerprint density at radius 2 is 2.10 bits per heavy atom. The zero-order chi connectivity index (χ0) is 14.0. The summed E-state index contributed by atoms with van der Waals surface area (Å²) >= 11 is 2.06. The minimum absolute atomic E-state index is 0.147. The molecule has 0 aromatic carbocycles. The minimum atomic E-state index is 0.147. The third-order valence-corrected chi connectivity index (χ3v) is 6.36. The van der Waals surface area contributed by atoms with E-state index >= 15 is 0 Å². The Labute approximate surface area is 126 Å². The first-order valence-corrected chi connectivity index (χ1v) is 9.17. The Morgan fingerprint density at radius 3 is 2.75 bits per heavy atom. The van der Waals surface area contributed by atoms with Gasteiger partial charge in [0, 0.05) is 18.6 Å². The summed E-state index contributed by atoms with van der Waals surface area (Å²) in [5.41, 5.74) is 3.26. The molecule has 0 bridgehead atoms. The highest BCUT2D eigenvalue weighted by atomic mass is 32.2. The van der Waals surface area contributed by atoms with Crippen molar-refractivity contribution < 1.29 is 9.47 Å². The molecule has 3 fully saturated rings. The molecular formula is C15H28N2O2S. The number of thioether (sulfide) groups is 1. The van der Waals surface area contributed by atoms with Crippen LogP contribution in [-0.4, -0.2) is 42.5 Å². The number of hydrogen-bond acceptors (Lipinski definition) is 5. The number of nitrogens with two attached hydrogens (primary N) is 1. The van der Waals surface area contributed by atoms with E-state index in [9.17, 15) is 0 Å². The molecule has 116 valence electrons. The zero-order valence-corrected chi connectivity index (χ0v) is 13.3. The van der Waals surface area contributed by atoms with Crippen LogP contribution in [0.2, 0.25) is 0 Å². The SMILES string of the molecule is CC1CC(C(NN)C2CCOC3(CCSCC3)C2)CO1. The maximum absolute atomic E-state index is 6.20. The highest BCUT2D eigenvalue weighted by molar-refractivity contribution is 7.99. The molecule has 3 aliphatic heterocycles. The Balaban J connectivity index is 1.65. The van der Waals surface area contributed by atoms with Gasteiger partial charge in [0.25, 0.3) is 0 Å². The fourth-order valence-corrected chi connectivity index (χ4v) is 5.46. The molecule has 4 unspecified atom stereocenters. The topological polar surface area (TPSA) is 56.5 Å². The fraction of sp³-hybridized carbons (Fsp3) is 1.00. The van der Waals surface area contributed by atoms with Crippen molar-refractivity contribution in [3.8, 4) is 0 Å². The first kappa shape index (κ1) is 15.1. The van der Waals surface area contributed by atoms with Gasteiger partial charge in [-0.1, -0.05) is 0 Å². The normalized spacial score (nSPS) is 39.0. The maximum atomic E-state index is 6.20. The predicted molar refractivity (Wildman–Crippen MR) is 82.6 cm³/mol. The van der Waals surface area contributed by atoms with Crippen molar-refractivity contribution in [3.05, 3.63) is 0 Å². The van der Waals surface area contributed by atoms with Crippen LogP contribution in [0.15, 0.2) is 0 Å². The summed E-state index contributed by atoms with van der Waals surface area (Å²) < 4.78 is 11.9. The molecule has 3 rings (SSSR count). The van der Waals surface area contributed by atoms with E-state index in [1.165, 1.54) is 30.8 Å². The lowest BCUT2D eigenvalue weighted by atomic mass is 9.75. The summed E-state index contributed by atoms with van der Waals surface area (Å²) in [6.07, 6.45) is 6.25. The molecule has 3 aliphatic rings.